The van der Waals surface area contributed by atoms with E-state index in [1.165, 1.54) is 0 Å². The minimum Gasteiger partial charge on any atom is -0.475 e. The highest BCUT2D eigenvalue weighted by Gasteiger charge is 2.39. The van der Waals surface area contributed by atoms with Gasteiger partial charge in [0.25, 0.3) is 5.91 Å². The molecule has 0 saturated carbocycles. The Morgan fingerprint density at radius 2 is 1.39 bits per heavy atom. The summed E-state index contributed by atoms with van der Waals surface area (Å²) in [5, 5.41) is 14.2. The number of halogens is 6. The van der Waals surface area contributed by atoms with Crippen LogP contribution in [0.25, 0.3) is 16.9 Å². The monoisotopic (exact) mass is 691 g/mol. The molecule has 1 aliphatic heterocycles. The van der Waals surface area contributed by atoms with Gasteiger partial charge in [-0.25, -0.2) is 14.6 Å². The average Bonchev–Trinajstić information content (AvgIpc) is 3.70. The van der Waals surface area contributed by atoms with Gasteiger partial charge < -0.3 is 24.6 Å². The number of hydrogen-bond donors (Lipinski definition) is 2. The van der Waals surface area contributed by atoms with Crippen molar-refractivity contribution in [1.82, 2.24) is 28.8 Å². The van der Waals surface area contributed by atoms with E-state index in [9.17, 15) is 31.1 Å². The Balaban J connectivity index is 0.000000327. The first-order valence-corrected chi connectivity index (χ1v) is 14.2. The van der Waals surface area contributed by atoms with E-state index in [-0.39, 0.29) is 5.91 Å². The van der Waals surface area contributed by atoms with Crippen molar-refractivity contribution in [1.29, 1.82) is 0 Å². The van der Waals surface area contributed by atoms with Crippen molar-refractivity contribution < 1.29 is 50.9 Å². The van der Waals surface area contributed by atoms with Gasteiger partial charge in [-0.05, 0) is 42.0 Å². The zero-order valence-corrected chi connectivity index (χ0v) is 25.2. The van der Waals surface area contributed by atoms with E-state index in [4.69, 9.17) is 24.8 Å². The molecule has 0 radical (unpaired) electrons. The largest absolute Gasteiger partial charge is 0.490 e. The molecule has 18 heteroatoms. The number of anilines is 1. The Kier molecular flexibility index (Phi) is 11.2. The molecule has 0 bridgehead atoms. The van der Waals surface area contributed by atoms with Crippen molar-refractivity contribution in [2.75, 3.05) is 31.1 Å². The normalized spacial score (nSPS) is 13.2. The third kappa shape index (κ3) is 9.55. The highest BCUT2D eigenvalue weighted by atomic mass is 19.4. The van der Waals surface area contributed by atoms with Crippen molar-refractivity contribution in [2.45, 2.75) is 18.9 Å². The average molecular weight is 692 g/mol. The van der Waals surface area contributed by atoms with Gasteiger partial charge >= 0.3 is 24.3 Å². The Morgan fingerprint density at radius 3 is 1.96 bits per heavy atom. The first-order chi connectivity index (χ1) is 23.1. The number of aromatic nitrogens is 5. The Bertz CT molecular complexity index is 1850. The molecular formula is C31H27F6N7O5. The number of carboxylic acids is 2. The molecule has 49 heavy (non-hydrogen) atoms. The number of hydrogen-bond acceptors (Lipinski definition) is 7. The molecule has 12 nitrogen and oxygen atoms in total. The van der Waals surface area contributed by atoms with Crippen LogP contribution in [-0.2, 0) is 16.1 Å². The summed E-state index contributed by atoms with van der Waals surface area (Å²) in [6.07, 6.45) is 3.15. The highest BCUT2D eigenvalue weighted by Crippen LogP contribution is 2.25. The second kappa shape index (κ2) is 15.3. The standard InChI is InChI=1S/C27H25N7O.2C2HF3O2/c35-27(33-16-14-32(15-17-33)23-6-10-28-11-7-23)25-24-5-1-2-12-34(24)26(30-25)22-8-13-31(20-22)19-21-4-3-9-29-18-21;2*3-2(4,5)1(6)7/h1-13,18,20H,14-17,19H2;2*(H,6,7). The van der Waals surface area contributed by atoms with Crippen LogP contribution in [0.3, 0.4) is 0 Å². The highest BCUT2D eigenvalue weighted by molar-refractivity contribution is 6.00. The van der Waals surface area contributed by atoms with Gasteiger partial charge in [0.2, 0.25) is 0 Å². The van der Waals surface area contributed by atoms with Crippen LogP contribution in [-0.4, -0.2) is 95.4 Å². The van der Waals surface area contributed by atoms with Crippen LogP contribution in [0.15, 0.2) is 91.9 Å². The van der Waals surface area contributed by atoms with E-state index in [1.807, 2.05) is 70.4 Å². The lowest BCUT2D eigenvalue weighted by atomic mass is 10.2. The zero-order chi connectivity index (χ0) is 35.8. The van der Waals surface area contributed by atoms with Gasteiger partial charge in [-0.1, -0.05) is 12.1 Å². The SMILES string of the molecule is O=C(O)C(F)(F)F.O=C(O)C(F)(F)F.O=C(c1nc(-c2ccn(Cc3cccnc3)c2)n2ccccc12)N1CCN(c2ccncc2)CC1. The summed E-state index contributed by atoms with van der Waals surface area (Å²) in [6.45, 7) is 3.61. The Morgan fingerprint density at radius 1 is 0.755 bits per heavy atom. The number of carboxylic acid groups (broad SMARTS) is 2. The summed E-state index contributed by atoms with van der Waals surface area (Å²) in [6, 6.07) is 15.9. The number of carbonyl (C=O) groups is 3. The number of piperazine rings is 1. The van der Waals surface area contributed by atoms with Crippen LogP contribution < -0.4 is 4.90 Å². The van der Waals surface area contributed by atoms with Crippen LogP contribution >= 0.6 is 0 Å². The van der Waals surface area contributed by atoms with Crippen LogP contribution in [0.1, 0.15) is 16.1 Å². The van der Waals surface area contributed by atoms with Gasteiger partial charge in [0.05, 0.1) is 5.52 Å². The molecule has 0 atom stereocenters. The number of amides is 1. The Labute approximate surface area is 273 Å². The van der Waals surface area contributed by atoms with Crippen molar-refractivity contribution in [3.63, 3.8) is 0 Å². The molecule has 6 rings (SSSR count). The third-order valence-electron chi connectivity index (χ3n) is 6.93. The van der Waals surface area contributed by atoms with E-state index in [1.54, 1.807) is 18.6 Å². The number of aliphatic carboxylic acids is 2. The van der Waals surface area contributed by atoms with Crippen LogP contribution in [0, 0.1) is 0 Å². The van der Waals surface area contributed by atoms with Crippen LogP contribution in [0.2, 0.25) is 0 Å². The molecular weight excluding hydrogens is 664 g/mol. The molecule has 1 aliphatic rings. The maximum atomic E-state index is 13.6. The minimum atomic E-state index is -5.08. The van der Waals surface area contributed by atoms with Gasteiger partial charge in [0.1, 0.15) is 5.82 Å². The van der Waals surface area contributed by atoms with Crippen molar-refractivity contribution in [3.8, 4) is 11.4 Å². The predicted octanol–water partition coefficient (Wildman–Crippen LogP) is 4.87. The zero-order valence-electron chi connectivity index (χ0n) is 25.2. The van der Waals surface area contributed by atoms with E-state index in [2.05, 4.69) is 31.7 Å². The van der Waals surface area contributed by atoms with E-state index >= 15 is 0 Å². The number of fused-ring (bicyclic) bond motifs is 1. The fourth-order valence-electron chi connectivity index (χ4n) is 4.65. The molecule has 5 aromatic rings. The number of rotatable bonds is 5. The predicted molar refractivity (Wildman–Crippen MR) is 162 cm³/mol. The minimum absolute atomic E-state index is 0.0240. The quantitative estimate of drug-likeness (QED) is 0.247. The summed E-state index contributed by atoms with van der Waals surface area (Å²) < 4.78 is 67.6. The summed E-state index contributed by atoms with van der Waals surface area (Å²) in [7, 11) is 0. The summed E-state index contributed by atoms with van der Waals surface area (Å²) >= 11 is 0. The summed E-state index contributed by atoms with van der Waals surface area (Å²) in [4.78, 5) is 48.7. The first kappa shape index (κ1) is 35.9. The van der Waals surface area contributed by atoms with Crippen molar-refractivity contribution >= 4 is 29.0 Å². The molecule has 1 fully saturated rings. The molecule has 1 amide bonds. The number of imidazole rings is 1. The van der Waals surface area contributed by atoms with Crippen LogP contribution in [0.4, 0.5) is 32.0 Å². The molecule has 2 N–H and O–H groups in total. The van der Waals surface area contributed by atoms with Gasteiger partial charge in [-0.15, -0.1) is 0 Å². The van der Waals surface area contributed by atoms with Gasteiger partial charge in [0.15, 0.2) is 5.69 Å². The van der Waals surface area contributed by atoms with Gasteiger partial charge in [-0.2, -0.15) is 26.3 Å². The number of alkyl halides is 6. The summed E-state index contributed by atoms with van der Waals surface area (Å²) in [5.41, 5.74) is 4.56. The number of pyridine rings is 3. The number of nitrogens with zero attached hydrogens (tertiary/aromatic N) is 7. The second-order valence-electron chi connectivity index (χ2n) is 10.3. The number of carbonyl (C=O) groups excluding carboxylic acids is 1. The van der Waals surface area contributed by atoms with Gasteiger partial charge in [0, 0.05) is 87.4 Å². The fourth-order valence-corrected chi connectivity index (χ4v) is 4.65. The maximum Gasteiger partial charge on any atom is 0.490 e. The first-order valence-electron chi connectivity index (χ1n) is 14.2. The van der Waals surface area contributed by atoms with Crippen LogP contribution in [0.5, 0.6) is 0 Å². The summed E-state index contributed by atoms with van der Waals surface area (Å²) in [5.74, 6) is -4.77. The molecule has 0 unspecified atom stereocenters. The van der Waals surface area contributed by atoms with E-state index in [0.717, 1.165) is 47.8 Å². The molecule has 0 spiro atoms. The lowest BCUT2D eigenvalue weighted by Gasteiger charge is -2.35. The smallest absolute Gasteiger partial charge is 0.475 e. The molecule has 0 aromatic carbocycles. The lowest BCUT2D eigenvalue weighted by Crippen LogP contribution is -2.49. The maximum absolute atomic E-state index is 13.6. The molecule has 258 valence electrons. The van der Waals surface area contributed by atoms with E-state index in [0.29, 0.717) is 18.8 Å². The van der Waals surface area contributed by atoms with Crippen molar-refractivity contribution in [3.05, 3.63) is 103 Å². The molecule has 1 saturated heterocycles. The van der Waals surface area contributed by atoms with Gasteiger partial charge in [-0.3, -0.25) is 19.2 Å². The topological polar surface area (TPSA) is 146 Å². The third-order valence-corrected chi connectivity index (χ3v) is 6.93. The lowest BCUT2D eigenvalue weighted by molar-refractivity contribution is -0.193. The molecule has 5 aromatic heterocycles. The second-order valence-corrected chi connectivity index (χ2v) is 10.3. The molecule has 6 heterocycles. The Hall–Kier alpha value is -5.94. The molecule has 0 aliphatic carbocycles. The van der Waals surface area contributed by atoms with Crippen molar-refractivity contribution in [2.24, 2.45) is 0 Å². The van der Waals surface area contributed by atoms with E-state index < -0.39 is 24.3 Å². The fraction of sp³-hybridized carbons (Fsp3) is 0.226.